The summed E-state index contributed by atoms with van der Waals surface area (Å²) in [6.45, 7) is 0.157. The van der Waals surface area contributed by atoms with Gasteiger partial charge in [0.15, 0.2) is 11.5 Å². The SMILES string of the molecule is COC(=O)c1c(NC(=O)c2ccc3c(c2)OCO3)sc2c1CCCC2. The summed E-state index contributed by atoms with van der Waals surface area (Å²) < 4.78 is 15.5. The fourth-order valence-corrected chi connectivity index (χ4v) is 4.46. The van der Waals surface area contributed by atoms with Crippen LogP contribution < -0.4 is 14.8 Å². The molecule has 1 aromatic heterocycles. The van der Waals surface area contributed by atoms with Gasteiger partial charge in [0.2, 0.25) is 6.79 Å². The van der Waals surface area contributed by atoms with Gasteiger partial charge in [-0.25, -0.2) is 4.79 Å². The number of methoxy groups -OCH3 is 1. The van der Waals surface area contributed by atoms with Crippen LogP contribution in [0.3, 0.4) is 0 Å². The van der Waals surface area contributed by atoms with Crippen LogP contribution in [0, 0.1) is 0 Å². The zero-order valence-electron chi connectivity index (χ0n) is 13.7. The first-order chi connectivity index (χ1) is 12.2. The molecule has 7 heteroatoms. The van der Waals surface area contributed by atoms with E-state index in [1.807, 2.05) is 0 Å². The smallest absolute Gasteiger partial charge is 0.341 e. The van der Waals surface area contributed by atoms with Gasteiger partial charge < -0.3 is 19.5 Å². The first-order valence-electron chi connectivity index (χ1n) is 8.11. The Morgan fingerprint density at radius 3 is 2.80 bits per heavy atom. The van der Waals surface area contributed by atoms with Crippen LogP contribution in [0.4, 0.5) is 5.00 Å². The molecule has 1 N–H and O–H groups in total. The molecular weight excluding hydrogens is 342 g/mol. The van der Waals surface area contributed by atoms with Gasteiger partial charge >= 0.3 is 5.97 Å². The Bertz CT molecular complexity index is 857. The predicted molar refractivity (Wildman–Crippen MR) is 92.8 cm³/mol. The van der Waals surface area contributed by atoms with Crippen molar-refractivity contribution in [2.24, 2.45) is 0 Å². The predicted octanol–water partition coefficient (Wildman–Crippen LogP) is 3.39. The maximum absolute atomic E-state index is 12.6. The molecule has 1 aromatic carbocycles. The van der Waals surface area contributed by atoms with Crippen LogP contribution in [0.1, 0.15) is 44.0 Å². The van der Waals surface area contributed by atoms with Gasteiger partial charge in [-0.05, 0) is 49.4 Å². The maximum Gasteiger partial charge on any atom is 0.341 e. The average Bonchev–Trinajstić information content (AvgIpc) is 3.24. The molecule has 25 heavy (non-hydrogen) atoms. The molecule has 0 fully saturated rings. The van der Waals surface area contributed by atoms with E-state index >= 15 is 0 Å². The molecule has 2 aliphatic rings. The fourth-order valence-electron chi connectivity index (χ4n) is 3.19. The summed E-state index contributed by atoms with van der Waals surface area (Å²) in [4.78, 5) is 26.0. The minimum atomic E-state index is -0.402. The van der Waals surface area contributed by atoms with E-state index in [1.54, 1.807) is 18.2 Å². The molecule has 130 valence electrons. The minimum Gasteiger partial charge on any atom is -0.465 e. The first kappa shape index (κ1) is 16.0. The Balaban J connectivity index is 1.65. The second-order valence-corrected chi connectivity index (χ2v) is 7.03. The molecule has 6 nitrogen and oxygen atoms in total. The van der Waals surface area contributed by atoms with E-state index in [0.717, 1.165) is 36.1 Å². The molecular formula is C18H17NO5S. The summed E-state index contributed by atoms with van der Waals surface area (Å²) in [6.07, 6.45) is 3.92. The molecule has 0 saturated carbocycles. The third kappa shape index (κ3) is 2.84. The van der Waals surface area contributed by atoms with Crippen molar-refractivity contribution in [2.75, 3.05) is 19.2 Å². The average molecular weight is 359 g/mol. The van der Waals surface area contributed by atoms with Crippen LogP contribution in [-0.2, 0) is 17.6 Å². The number of fused-ring (bicyclic) bond motifs is 2. The number of amides is 1. The number of anilines is 1. The van der Waals surface area contributed by atoms with Crippen LogP contribution >= 0.6 is 11.3 Å². The number of benzene rings is 1. The Labute approximate surface area is 148 Å². The van der Waals surface area contributed by atoms with E-state index in [0.29, 0.717) is 27.6 Å². The molecule has 1 aliphatic heterocycles. The number of carbonyl (C=O) groups excluding carboxylic acids is 2. The fraction of sp³-hybridized carbons (Fsp3) is 0.333. The lowest BCUT2D eigenvalue weighted by molar-refractivity contribution is 0.0601. The lowest BCUT2D eigenvalue weighted by Crippen LogP contribution is -2.15. The number of hydrogen-bond acceptors (Lipinski definition) is 6. The molecule has 0 bridgehead atoms. The van der Waals surface area contributed by atoms with Gasteiger partial charge in [-0.1, -0.05) is 0 Å². The lowest BCUT2D eigenvalue weighted by atomic mass is 9.95. The maximum atomic E-state index is 12.6. The van der Waals surface area contributed by atoms with Crippen LogP contribution in [0.25, 0.3) is 0 Å². The van der Waals surface area contributed by atoms with Crippen LogP contribution in [0.2, 0.25) is 0 Å². The van der Waals surface area contributed by atoms with E-state index in [1.165, 1.54) is 18.4 Å². The topological polar surface area (TPSA) is 73.9 Å². The number of esters is 1. The van der Waals surface area contributed by atoms with Crippen molar-refractivity contribution in [1.82, 2.24) is 0 Å². The quantitative estimate of drug-likeness (QED) is 0.851. The normalized spacial score (nSPS) is 14.8. The van der Waals surface area contributed by atoms with Gasteiger partial charge in [0.05, 0.1) is 12.7 Å². The monoisotopic (exact) mass is 359 g/mol. The Hall–Kier alpha value is -2.54. The molecule has 0 unspecified atom stereocenters. The largest absolute Gasteiger partial charge is 0.465 e. The molecule has 0 radical (unpaired) electrons. The van der Waals surface area contributed by atoms with E-state index < -0.39 is 5.97 Å². The summed E-state index contributed by atoms with van der Waals surface area (Å²) in [5.41, 5.74) is 1.96. The van der Waals surface area contributed by atoms with Gasteiger partial charge in [-0.3, -0.25) is 4.79 Å². The highest BCUT2D eigenvalue weighted by molar-refractivity contribution is 7.17. The number of ether oxygens (including phenoxy) is 3. The van der Waals surface area contributed by atoms with E-state index in [9.17, 15) is 9.59 Å². The molecule has 0 spiro atoms. The molecule has 2 aromatic rings. The molecule has 0 atom stereocenters. The molecule has 1 aliphatic carbocycles. The highest BCUT2D eigenvalue weighted by atomic mass is 32.1. The number of hydrogen-bond donors (Lipinski definition) is 1. The third-order valence-electron chi connectivity index (χ3n) is 4.42. The second-order valence-electron chi connectivity index (χ2n) is 5.93. The van der Waals surface area contributed by atoms with Gasteiger partial charge in [-0.2, -0.15) is 0 Å². The van der Waals surface area contributed by atoms with Crippen molar-refractivity contribution in [1.29, 1.82) is 0 Å². The van der Waals surface area contributed by atoms with Crippen molar-refractivity contribution in [3.05, 3.63) is 39.8 Å². The van der Waals surface area contributed by atoms with Gasteiger partial charge in [-0.15, -0.1) is 11.3 Å². The standard InChI is InChI=1S/C18H17NO5S/c1-22-18(21)15-11-4-2-3-5-14(11)25-17(15)19-16(20)10-6-7-12-13(8-10)24-9-23-12/h6-8H,2-5,9H2,1H3,(H,19,20). The van der Waals surface area contributed by atoms with Crippen LogP contribution in [-0.4, -0.2) is 25.8 Å². The molecule has 2 heterocycles. The van der Waals surface area contributed by atoms with E-state index in [-0.39, 0.29) is 12.7 Å². The van der Waals surface area contributed by atoms with Crippen molar-refractivity contribution in [2.45, 2.75) is 25.7 Å². The minimum absolute atomic E-state index is 0.157. The number of carbonyl (C=O) groups is 2. The highest BCUT2D eigenvalue weighted by Gasteiger charge is 2.27. The van der Waals surface area contributed by atoms with Crippen molar-refractivity contribution in [3.8, 4) is 11.5 Å². The summed E-state index contributed by atoms with van der Waals surface area (Å²) in [5.74, 6) is 0.479. The summed E-state index contributed by atoms with van der Waals surface area (Å²) in [5, 5.41) is 3.43. The zero-order chi connectivity index (χ0) is 17.4. The van der Waals surface area contributed by atoms with Crippen LogP contribution in [0.15, 0.2) is 18.2 Å². The van der Waals surface area contributed by atoms with Crippen molar-refractivity contribution in [3.63, 3.8) is 0 Å². The van der Waals surface area contributed by atoms with Gasteiger partial charge in [0.25, 0.3) is 5.91 Å². The number of aryl methyl sites for hydroxylation is 1. The Morgan fingerprint density at radius 1 is 1.16 bits per heavy atom. The Morgan fingerprint density at radius 2 is 1.96 bits per heavy atom. The number of thiophene rings is 1. The molecule has 0 saturated heterocycles. The number of rotatable bonds is 3. The molecule has 4 rings (SSSR count). The van der Waals surface area contributed by atoms with Gasteiger partial charge in [0, 0.05) is 10.4 Å². The van der Waals surface area contributed by atoms with Crippen LogP contribution in [0.5, 0.6) is 11.5 Å². The number of nitrogens with one attached hydrogen (secondary N) is 1. The second kappa shape index (κ2) is 6.40. The summed E-state index contributed by atoms with van der Waals surface area (Å²) in [7, 11) is 1.36. The zero-order valence-corrected chi connectivity index (χ0v) is 14.5. The Kier molecular flexibility index (Phi) is 4.09. The summed E-state index contributed by atoms with van der Waals surface area (Å²) in [6, 6.07) is 5.02. The first-order valence-corrected chi connectivity index (χ1v) is 8.93. The third-order valence-corrected chi connectivity index (χ3v) is 5.63. The van der Waals surface area contributed by atoms with Crippen molar-refractivity contribution >= 4 is 28.2 Å². The molecule has 1 amide bonds. The lowest BCUT2D eigenvalue weighted by Gasteiger charge is -2.11. The van der Waals surface area contributed by atoms with Crippen molar-refractivity contribution < 1.29 is 23.8 Å². The summed E-state index contributed by atoms with van der Waals surface area (Å²) >= 11 is 1.47. The van der Waals surface area contributed by atoms with E-state index in [2.05, 4.69) is 5.32 Å². The highest BCUT2D eigenvalue weighted by Crippen LogP contribution is 2.39. The van der Waals surface area contributed by atoms with E-state index in [4.69, 9.17) is 14.2 Å². The van der Waals surface area contributed by atoms with Gasteiger partial charge in [0.1, 0.15) is 5.00 Å².